The Morgan fingerprint density at radius 1 is 1.38 bits per heavy atom. The topological polar surface area (TPSA) is 76.0 Å². The number of nitrogens with zero attached hydrogens (tertiary/aromatic N) is 2. The molecule has 2 heterocycles. The Hall–Kier alpha value is -1.38. The Morgan fingerprint density at radius 3 is 2.76 bits per heavy atom. The van der Waals surface area contributed by atoms with Crippen LogP contribution in [0, 0.1) is 6.92 Å². The summed E-state index contributed by atoms with van der Waals surface area (Å²) in [6.07, 6.45) is 3.20. The molecule has 2 aromatic rings. The molecule has 0 saturated heterocycles. The van der Waals surface area contributed by atoms with Gasteiger partial charge in [0.2, 0.25) is 0 Å². The van der Waals surface area contributed by atoms with Crippen LogP contribution >= 0.6 is 11.3 Å². The average molecular weight is 328 g/mol. The Labute approximate surface area is 129 Å². The monoisotopic (exact) mass is 328 g/mol. The van der Waals surface area contributed by atoms with Gasteiger partial charge in [-0.15, -0.1) is 11.3 Å². The van der Waals surface area contributed by atoms with Gasteiger partial charge < -0.3 is 5.32 Å². The van der Waals surface area contributed by atoms with E-state index in [1.807, 2.05) is 26.2 Å². The van der Waals surface area contributed by atoms with E-state index < -0.39 is 10.0 Å². The molecule has 0 aliphatic carbocycles. The number of thiophene rings is 1. The summed E-state index contributed by atoms with van der Waals surface area (Å²) in [4.78, 5) is 1.20. The highest BCUT2D eigenvalue weighted by Gasteiger charge is 2.23. The largest absolute Gasteiger partial charge is 0.312 e. The van der Waals surface area contributed by atoms with E-state index >= 15 is 0 Å². The molecule has 0 fully saturated rings. The van der Waals surface area contributed by atoms with Crippen LogP contribution in [0.15, 0.2) is 22.7 Å². The SMILES string of the molecule is CCNCc1scc(C)c1S(=O)(=O)Nc1cnn(CC)c1. The standard InChI is InChI=1S/C13H20N4O2S2/c1-4-14-7-12-13(10(3)9-20-12)21(18,19)16-11-6-15-17(5-2)8-11/h6,8-9,14,16H,4-5,7H2,1-3H3. The van der Waals surface area contributed by atoms with Crippen molar-refractivity contribution in [3.8, 4) is 0 Å². The van der Waals surface area contributed by atoms with E-state index in [-0.39, 0.29) is 0 Å². The summed E-state index contributed by atoms with van der Waals surface area (Å²) < 4.78 is 29.5. The van der Waals surface area contributed by atoms with Gasteiger partial charge in [-0.25, -0.2) is 8.42 Å². The molecule has 0 amide bonds. The van der Waals surface area contributed by atoms with Gasteiger partial charge in [0.15, 0.2) is 0 Å². The molecule has 6 nitrogen and oxygen atoms in total. The predicted molar refractivity (Wildman–Crippen MR) is 85.1 cm³/mol. The fourth-order valence-electron chi connectivity index (χ4n) is 2.00. The van der Waals surface area contributed by atoms with Gasteiger partial charge in [-0.3, -0.25) is 9.40 Å². The van der Waals surface area contributed by atoms with E-state index in [4.69, 9.17) is 0 Å². The summed E-state index contributed by atoms with van der Waals surface area (Å²) in [5.74, 6) is 0. The van der Waals surface area contributed by atoms with Gasteiger partial charge in [0.05, 0.1) is 11.9 Å². The molecule has 2 rings (SSSR count). The maximum atomic E-state index is 12.6. The summed E-state index contributed by atoms with van der Waals surface area (Å²) in [6.45, 7) is 7.81. The highest BCUT2D eigenvalue weighted by molar-refractivity contribution is 7.93. The van der Waals surface area contributed by atoms with Gasteiger partial charge in [0.1, 0.15) is 4.90 Å². The zero-order valence-corrected chi connectivity index (χ0v) is 14.0. The van der Waals surface area contributed by atoms with Gasteiger partial charge in [-0.1, -0.05) is 6.92 Å². The minimum absolute atomic E-state index is 0.373. The number of rotatable bonds is 7. The van der Waals surface area contributed by atoms with Gasteiger partial charge >= 0.3 is 0 Å². The van der Waals surface area contributed by atoms with E-state index in [2.05, 4.69) is 15.1 Å². The van der Waals surface area contributed by atoms with Gasteiger partial charge in [-0.2, -0.15) is 5.10 Å². The zero-order valence-electron chi connectivity index (χ0n) is 12.4. The second kappa shape index (κ2) is 6.59. The molecule has 0 aliphatic heterocycles. The molecule has 0 bridgehead atoms. The Bertz CT molecular complexity index is 704. The first-order chi connectivity index (χ1) is 9.97. The molecule has 21 heavy (non-hydrogen) atoms. The number of hydrogen-bond donors (Lipinski definition) is 2. The molecule has 0 unspecified atom stereocenters. The van der Waals surface area contributed by atoms with Crippen LogP contribution in [-0.4, -0.2) is 24.7 Å². The van der Waals surface area contributed by atoms with Crippen molar-refractivity contribution < 1.29 is 8.42 Å². The van der Waals surface area contributed by atoms with Crippen molar-refractivity contribution in [1.29, 1.82) is 0 Å². The third kappa shape index (κ3) is 3.63. The molecule has 0 aromatic carbocycles. The highest BCUT2D eigenvalue weighted by Crippen LogP contribution is 2.28. The Morgan fingerprint density at radius 2 is 2.14 bits per heavy atom. The maximum absolute atomic E-state index is 12.6. The van der Waals surface area contributed by atoms with Crippen LogP contribution in [0.1, 0.15) is 24.3 Å². The normalized spacial score (nSPS) is 11.8. The Kier molecular flexibility index (Phi) is 5.02. The molecule has 0 radical (unpaired) electrons. The number of sulfonamides is 1. The van der Waals surface area contributed by atoms with Crippen LogP contribution in [0.5, 0.6) is 0 Å². The molecule has 2 N–H and O–H groups in total. The first kappa shape index (κ1) is 16.0. The fraction of sp³-hybridized carbons (Fsp3) is 0.462. The molecule has 0 saturated carbocycles. The number of aromatic nitrogens is 2. The average Bonchev–Trinajstić information content (AvgIpc) is 3.02. The van der Waals surface area contributed by atoms with E-state index in [0.29, 0.717) is 23.7 Å². The number of aryl methyl sites for hydroxylation is 2. The quantitative estimate of drug-likeness (QED) is 0.817. The first-order valence-corrected chi connectivity index (χ1v) is 9.17. The summed E-state index contributed by atoms with van der Waals surface area (Å²) in [7, 11) is -3.59. The molecule has 8 heteroatoms. The van der Waals surface area contributed by atoms with Crippen LogP contribution in [0.4, 0.5) is 5.69 Å². The van der Waals surface area contributed by atoms with Crippen LogP contribution in [0.2, 0.25) is 0 Å². The summed E-state index contributed by atoms with van der Waals surface area (Å²) in [5, 5.41) is 9.12. The molecule has 116 valence electrons. The molecule has 2 aromatic heterocycles. The smallest absolute Gasteiger partial charge is 0.263 e. The third-order valence-corrected chi connectivity index (χ3v) is 5.85. The van der Waals surface area contributed by atoms with Gasteiger partial charge in [0.25, 0.3) is 10.0 Å². The number of nitrogens with one attached hydrogen (secondary N) is 2. The van der Waals surface area contributed by atoms with Gasteiger partial charge in [-0.05, 0) is 31.3 Å². The maximum Gasteiger partial charge on any atom is 0.263 e. The second-order valence-electron chi connectivity index (χ2n) is 4.64. The lowest BCUT2D eigenvalue weighted by atomic mass is 10.3. The molecule has 0 spiro atoms. The molecule has 0 atom stereocenters. The van der Waals surface area contributed by atoms with Gasteiger partial charge in [0, 0.05) is 24.2 Å². The minimum atomic E-state index is -3.59. The number of anilines is 1. The molecule has 0 aliphatic rings. The third-order valence-electron chi connectivity index (χ3n) is 3.00. The summed E-state index contributed by atoms with van der Waals surface area (Å²) in [5.41, 5.74) is 1.25. The lowest BCUT2D eigenvalue weighted by molar-refractivity contribution is 0.599. The van der Waals surface area contributed by atoms with E-state index in [1.165, 1.54) is 17.5 Å². The summed E-state index contributed by atoms with van der Waals surface area (Å²) >= 11 is 1.46. The predicted octanol–water partition coefficient (Wildman–Crippen LogP) is 2.18. The zero-order chi connectivity index (χ0) is 15.5. The van der Waals surface area contributed by atoms with Crippen molar-refractivity contribution in [2.75, 3.05) is 11.3 Å². The van der Waals surface area contributed by atoms with Crippen LogP contribution in [-0.2, 0) is 23.1 Å². The van der Waals surface area contributed by atoms with Crippen molar-refractivity contribution in [3.63, 3.8) is 0 Å². The summed E-state index contributed by atoms with van der Waals surface area (Å²) in [6, 6.07) is 0. The lowest BCUT2D eigenvalue weighted by Gasteiger charge is -2.09. The minimum Gasteiger partial charge on any atom is -0.312 e. The number of hydrogen-bond acceptors (Lipinski definition) is 5. The second-order valence-corrected chi connectivity index (χ2v) is 7.22. The van der Waals surface area contributed by atoms with Crippen molar-refractivity contribution in [2.24, 2.45) is 0 Å². The lowest BCUT2D eigenvalue weighted by Crippen LogP contribution is -2.18. The first-order valence-electron chi connectivity index (χ1n) is 6.80. The van der Waals surface area contributed by atoms with Crippen LogP contribution in [0.3, 0.4) is 0 Å². The molecular formula is C13H20N4O2S2. The molecular weight excluding hydrogens is 308 g/mol. The van der Waals surface area contributed by atoms with E-state index in [1.54, 1.807) is 10.9 Å². The van der Waals surface area contributed by atoms with Crippen LogP contribution < -0.4 is 10.0 Å². The van der Waals surface area contributed by atoms with Crippen molar-refractivity contribution >= 4 is 27.0 Å². The van der Waals surface area contributed by atoms with Crippen molar-refractivity contribution in [1.82, 2.24) is 15.1 Å². The van der Waals surface area contributed by atoms with E-state index in [9.17, 15) is 8.42 Å². The van der Waals surface area contributed by atoms with Crippen molar-refractivity contribution in [2.45, 2.75) is 38.8 Å². The van der Waals surface area contributed by atoms with Crippen LogP contribution in [0.25, 0.3) is 0 Å². The highest BCUT2D eigenvalue weighted by atomic mass is 32.2. The Balaban J connectivity index is 2.28. The van der Waals surface area contributed by atoms with Crippen molar-refractivity contribution in [3.05, 3.63) is 28.2 Å². The fourth-order valence-corrected chi connectivity index (χ4v) is 4.81. The van der Waals surface area contributed by atoms with E-state index in [0.717, 1.165) is 17.0 Å².